The van der Waals surface area contributed by atoms with E-state index in [4.69, 9.17) is 14.2 Å². The van der Waals surface area contributed by atoms with Gasteiger partial charge in [-0.25, -0.2) is 4.79 Å². The Hall–Kier alpha value is -4.05. The average Bonchev–Trinajstić information content (AvgIpc) is 2.81. The van der Waals surface area contributed by atoms with Crippen LogP contribution in [0.4, 0.5) is 0 Å². The van der Waals surface area contributed by atoms with E-state index in [0.29, 0.717) is 17.1 Å². The number of carbonyl (C=O) groups is 1. The number of aryl methyl sites for hydroxylation is 1. The van der Waals surface area contributed by atoms with E-state index in [2.05, 4.69) is 0 Å². The van der Waals surface area contributed by atoms with Crippen molar-refractivity contribution in [3.05, 3.63) is 120 Å². The lowest BCUT2D eigenvalue weighted by Crippen LogP contribution is -2.05. The first-order valence-electron chi connectivity index (χ1n) is 10.00. The van der Waals surface area contributed by atoms with Gasteiger partial charge in [0.15, 0.2) is 0 Å². The quantitative estimate of drug-likeness (QED) is 0.310. The molecule has 4 nitrogen and oxygen atoms in total. The first kappa shape index (κ1) is 20.2. The minimum Gasteiger partial charge on any atom is -0.457 e. The molecule has 0 saturated heterocycles. The number of rotatable bonds is 7. The topological polar surface area (TPSA) is 44.8 Å². The number of para-hydroxylation sites is 1. The highest BCUT2D eigenvalue weighted by atomic mass is 16.5. The Morgan fingerprint density at radius 1 is 0.677 bits per heavy atom. The van der Waals surface area contributed by atoms with Gasteiger partial charge in [0.05, 0.1) is 5.56 Å². The number of esters is 1. The van der Waals surface area contributed by atoms with Gasteiger partial charge in [0.1, 0.15) is 29.6 Å². The predicted molar refractivity (Wildman–Crippen MR) is 120 cm³/mol. The van der Waals surface area contributed by atoms with Crippen molar-refractivity contribution in [1.82, 2.24) is 0 Å². The van der Waals surface area contributed by atoms with Crippen molar-refractivity contribution in [3.63, 3.8) is 0 Å². The molecule has 4 heteroatoms. The molecule has 0 bridgehead atoms. The van der Waals surface area contributed by atoms with E-state index in [0.717, 1.165) is 22.6 Å². The molecule has 0 saturated carbocycles. The van der Waals surface area contributed by atoms with E-state index in [1.54, 1.807) is 24.3 Å². The first-order valence-corrected chi connectivity index (χ1v) is 10.00. The van der Waals surface area contributed by atoms with Crippen molar-refractivity contribution in [3.8, 4) is 23.0 Å². The molecule has 4 rings (SSSR count). The maximum Gasteiger partial charge on any atom is 0.338 e. The van der Waals surface area contributed by atoms with Crippen LogP contribution in [0.2, 0.25) is 0 Å². The van der Waals surface area contributed by atoms with Crippen LogP contribution in [0.1, 0.15) is 21.5 Å². The molecule has 0 aromatic heterocycles. The summed E-state index contributed by atoms with van der Waals surface area (Å²) < 4.78 is 17.3. The van der Waals surface area contributed by atoms with Gasteiger partial charge >= 0.3 is 5.97 Å². The van der Waals surface area contributed by atoms with Crippen LogP contribution in [0.25, 0.3) is 0 Å². The van der Waals surface area contributed by atoms with Crippen molar-refractivity contribution in [1.29, 1.82) is 0 Å². The second-order valence-electron chi connectivity index (χ2n) is 7.03. The summed E-state index contributed by atoms with van der Waals surface area (Å²) in [6.45, 7) is 2.23. The number of hydrogen-bond donors (Lipinski definition) is 0. The highest BCUT2D eigenvalue weighted by Gasteiger charge is 2.09. The zero-order valence-electron chi connectivity index (χ0n) is 17.2. The Labute approximate surface area is 181 Å². The summed E-state index contributed by atoms with van der Waals surface area (Å²) in [5.74, 6) is 2.39. The number of hydrogen-bond acceptors (Lipinski definition) is 4. The molecule has 4 aromatic rings. The van der Waals surface area contributed by atoms with Crippen molar-refractivity contribution >= 4 is 5.97 Å². The summed E-state index contributed by atoms with van der Waals surface area (Å²) >= 11 is 0. The number of carbonyl (C=O) groups excluding carboxylic acids is 1. The van der Waals surface area contributed by atoms with E-state index in [1.807, 2.05) is 85.8 Å². The monoisotopic (exact) mass is 410 g/mol. The molecule has 0 amide bonds. The standard InChI is InChI=1S/C27H22O4/c1-20-12-15-25(18-26(20)31-23-10-6-3-7-11-23)30-24-16-13-22(14-17-24)27(28)29-19-21-8-4-2-5-9-21/h2-18H,19H2,1H3. The molecule has 31 heavy (non-hydrogen) atoms. The van der Waals surface area contributed by atoms with Crippen LogP contribution in [0, 0.1) is 6.92 Å². The van der Waals surface area contributed by atoms with E-state index >= 15 is 0 Å². The molecular formula is C27H22O4. The van der Waals surface area contributed by atoms with Crippen LogP contribution in [-0.2, 0) is 11.3 Å². The van der Waals surface area contributed by atoms with Gasteiger partial charge in [-0.3, -0.25) is 0 Å². The second kappa shape index (κ2) is 9.63. The maximum atomic E-state index is 12.3. The fourth-order valence-corrected chi connectivity index (χ4v) is 2.97. The second-order valence-corrected chi connectivity index (χ2v) is 7.03. The third-order valence-corrected chi connectivity index (χ3v) is 4.67. The van der Waals surface area contributed by atoms with Crippen molar-refractivity contribution in [2.24, 2.45) is 0 Å². The Balaban J connectivity index is 1.39. The van der Waals surface area contributed by atoms with Crippen LogP contribution in [0.5, 0.6) is 23.0 Å². The molecule has 4 aromatic carbocycles. The third-order valence-electron chi connectivity index (χ3n) is 4.67. The summed E-state index contributed by atoms with van der Waals surface area (Å²) in [6.07, 6.45) is 0. The summed E-state index contributed by atoms with van der Waals surface area (Å²) in [5, 5.41) is 0. The van der Waals surface area contributed by atoms with Crippen molar-refractivity contribution < 1.29 is 19.0 Å². The molecular weight excluding hydrogens is 388 g/mol. The van der Waals surface area contributed by atoms with Gasteiger partial charge in [-0.1, -0.05) is 54.6 Å². The first-order chi connectivity index (χ1) is 15.2. The van der Waals surface area contributed by atoms with Gasteiger partial charge in [0, 0.05) is 6.07 Å². The van der Waals surface area contributed by atoms with Gasteiger partial charge in [-0.15, -0.1) is 0 Å². The van der Waals surface area contributed by atoms with Gasteiger partial charge in [0.2, 0.25) is 0 Å². The van der Waals surface area contributed by atoms with Gasteiger partial charge in [-0.05, 0) is 60.5 Å². The van der Waals surface area contributed by atoms with Crippen LogP contribution in [0.3, 0.4) is 0 Å². The lowest BCUT2D eigenvalue weighted by molar-refractivity contribution is 0.0472. The molecule has 0 aliphatic heterocycles. The van der Waals surface area contributed by atoms with Crippen LogP contribution in [0.15, 0.2) is 103 Å². The zero-order valence-corrected chi connectivity index (χ0v) is 17.2. The largest absolute Gasteiger partial charge is 0.457 e. The summed E-state index contributed by atoms with van der Waals surface area (Å²) in [7, 11) is 0. The normalized spacial score (nSPS) is 10.4. The van der Waals surface area contributed by atoms with E-state index in [1.165, 1.54) is 0 Å². The highest BCUT2D eigenvalue weighted by Crippen LogP contribution is 2.31. The van der Waals surface area contributed by atoms with Crippen LogP contribution < -0.4 is 9.47 Å². The lowest BCUT2D eigenvalue weighted by Gasteiger charge is -2.12. The predicted octanol–water partition coefficient (Wildman–Crippen LogP) is 6.94. The molecule has 0 fully saturated rings. The summed E-state index contributed by atoms with van der Waals surface area (Å²) in [4.78, 5) is 12.3. The minimum absolute atomic E-state index is 0.242. The van der Waals surface area contributed by atoms with Crippen molar-refractivity contribution in [2.75, 3.05) is 0 Å². The van der Waals surface area contributed by atoms with Crippen LogP contribution >= 0.6 is 0 Å². The molecule has 0 atom stereocenters. The number of benzene rings is 4. The van der Waals surface area contributed by atoms with Gasteiger partial charge in [0.25, 0.3) is 0 Å². The fraction of sp³-hybridized carbons (Fsp3) is 0.0741. The van der Waals surface area contributed by atoms with Crippen molar-refractivity contribution in [2.45, 2.75) is 13.5 Å². The minimum atomic E-state index is -0.371. The molecule has 0 aliphatic carbocycles. The van der Waals surface area contributed by atoms with E-state index in [-0.39, 0.29) is 12.6 Å². The molecule has 0 N–H and O–H groups in total. The lowest BCUT2D eigenvalue weighted by atomic mass is 10.2. The zero-order chi connectivity index (χ0) is 21.5. The Morgan fingerprint density at radius 3 is 2.00 bits per heavy atom. The highest BCUT2D eigenvalue weighted by molar-refractivity contribution is 5.89. The maximum absolute atomic E-state index is 12.3. The number of ether oxygens (including phenoxy) is 3. The Kier molecular flexibility index (Phi) is 6.29. The molecule has 154 valence electrons. The van der Waals surface area contributed by atoms with Crippen LogP contribution in [-0.4, -0.2) is 5.97 Å². The third kappa shape index (κ3) is 5.52. The Morgan fingerprint density at radius 2 is 1.29 bits per heavy atom. The Bertz CT molecular complexity index is 1140. The summed E-state index contributed by atoms with van der Waals surface area (Å²) in [6, 6.07) is 31.8. The smallest absolute Gasteiger partial charge is 0.338 e. The average molecular weight is 410 g/mol. The summed E-state index contributed by atoms with van der Waals surface area (Å²) in [5.41, 5.74) is 2.43. The molecule has 0 unspecified atom stereocenters. The van der Waals surface area contributed by atoms with E-state index < -0.39 is 0 Å². The molecule has 0 radical (unpaired) electrons. The molecule has 0 spiro atoms. The molecule has 0 aliphatic rings. The van der Waals surface area contributed by atoms with Gasteiger partial charge < -0.3 is 14.2 Å². The molecule has 0 heterocycles. The van der Waals surface area contributed by atoms with Gasteiger partial charge in [-0.2, -0.15) is 0 Å². The SMILES string of the molecule is Cc1ccc(Oc2ccc(C(=O)OCc3ccccc3)cc2)cc1Oc1ccccc1. The fourth-order valence-electron chi connectivity index (χ4n) is 2.97. The van der Waals surface area contributed by atoms with E-state index in [9.17, 15) is 4.79 Å².